The Morgan fingerprint density at radius 1 is 1.28 bits per heavy atom. The number of ketones is 1. The van der Waals surface area contributed by atoms with E-state index < -0.39 is 0 Å². The molecule has 0 fully saturated rings. The molecule has 0 aliphatic heterocycles. The molecule has 6 heteroatoms. The molecular formula is C19H22FN3O2. The molecule has 1 aliphatic carbocycles. The van der Waals surface area contributed by atoms with Crippen LogP contribution in [0.4, 0.5) is 10.3 Å². The van der Waals surface area contributed by atoms with Gasteiger partial charge in [-0.05, 0) is 43.4 Å². The third-order valence-corrected chi connectivity index (χ3v) is 4.33. The van der Waals surface area contributed by atoms with Gasteiger partial charge in [-0.1, -0.05) is 12.1 Å². The molecule has 132 valence electrons. The molecule has 25 heavy (non-hydrogen) atoms. The number of hydrogen-bond donors (Lipinski definition) is 1. The van der Waals surface area contributed by atoms with E-state index in [1.54, 1.807) is 18.3 Å². The van der Waals surface area contributed by atoms with Crippen molar-refractivity contribution in [2.24, 2.45) is 0 Å². The number of ether oxygens (including phenoxy) is 1. The fourth-order valence-electron chi connectivity index (χ4n) is 3.02. The summed E-state index contributed by atoms with van der Waals surface area (Å²) >= 11 is 0. The molecular weight excluding hydrogens is 321 g/mol. The van der Waals surface area contributed by atoms with Crippen molar-refractivity contribution >= 4 is 11.7 Å². The highest BCUT2D eigenvalue weighted by atomic mass is 19.1. The van der Waals surface area contributed by atoms with Gasteiger partial charge in [0.2, 0.25) is 5.95 Å². The van der Waals surface area contributed by atoms with Gasteiger partial charge >= 0.3 is 0 Å². The Morgan fingerprint density at radius 2 is 2.08 bits per heavy atom. The summed E-state index contributed by atoms with van der Waals surface area (Å²) in [6.45, 7) is 4.09. The van der Waals surface area contributed by atoms with Gasteiger partial charge in [0.15, 0.2) is 5.78 Å². The van der Waals surface area contributed by atoms with E-state index in [4.69, 9.17) is 4.74 Å². The molecule has 0 bridgehead atoms. The van der Waals surface area contributed by atoms with Crippen LogP contribution >= 0.6 is 0 Å². The van der Waals surface area contributed by atoms with E-state index in [1.807, 2.05) is 6.92 Å². The normalized spacial score (nSPS) is 16.6. The van der Waals surface area contributed by atoms with Gasteiger partial charge in [0, 0.05) is 32.4 Å². The Morgan fingerprint density at radius 3 is 2.84 bits per heavy atom. The molecule has 1 heterocycles. The van der Waals surface area contributed by atoms with Crippen LogP contribution in [0, 0.1) is 5.82 Å². The highest BCUT2D eigenvalue weighted by Gasteiger charge is 2.28. The van der Waals surface area contributed by atoms with Crippen LogP contribution in [0.15, 0.2) is 30.5 Å². The van der Waals surface area contributed by atoms with Crippen LogP contribution in [0.2, 0.25) is 0 Å². The summed E-state index contributed by atoms with van der Waals surface area (Å²) in [5.74, 6) is 0.328. The average Bonchev–Trinajstić information content (AvgIpc) is 2.62. The smallest absolute Gasteiger partial charge is 0.222 e. The van der Waals surface area contributed by atoms with Gasteiger partial charge in [0.25, 0.3) is 0 Å². The number of nitrogens with one attached hydrogen (secondary N) is 1. The summed E-state index contributed by atoms with van der Waals surface area (Å²) in [5.41, 5.74) is 2.32. The molecule has 5 nitrogen and oxygen atoms in total. The second-order valence-corrected chi connectivity index (χ2v) is 6.11. The van der Waals surface area contributed by atoms with E-state index in [1.165, 1.54) is 12.1 Å². The van der Waals surface area contributed by atoms with Crippen molar-refractivity contribution in [2.75, 3.05) is 25.1 Å². The van der Waals surface area contributed by atoms with E-state index in [9.17, 15) is 9.18 Å². The van der Waals surface area contributed by atoms with Gasteiger partial charge in [-0.2, -0.15) is 0 Å². The number of benzene rings is 1. The van der Waals surface area contributed by atoms with Crippen LogP contribution in [0.25, 0.3) is 0 Å². The van der Waals surface area contributed by atoms with E-state index in [-0.39, 0.29) is 17.5 Å². The first-order chi connectivity index (χ1) is 12.2. The van der Waals surface area contributed by atoms with Crippen LogP contribution in [-0.2, 0) is 11.2 Å². The minimum Gasteiger partial charge on any atom is -0.382 e. The number of rotatable bonds is 7. The van der Waals surface area contributed by atoms with Crippen molar-refractivity contribution in [2.45, 2.75) is 32.1 Å². The van der Waals surface area contributed by atoms with Crippen molar-refractivity contribution in [1.29, 1.82) is 0 Å². The van der Waals surface area contributed by atoms with Gasteiger partial charge in [0.05, 0.1) is 11.3 Å². The van der Waals surface area contributed by atoms with Crippen molar-refractivity contribution in [3.63, 3.8) is 0 Å². The number of carbonyl (C=O) groups is 1. The largest absolute Gasteiger partial charge is 0.382 e. The van der Waals surface area contributed by atoms with Gasteiger partial charge in [-0.25, -0.2) is 14.4 Å². The number of Topliss-reactive ketones (excluding diaryl/α,β-unsaturated/α-hetero) is 1. The molecule has 0 saturated carbocycles. The van der Waals surface area contributed by atoms with Crippen molar-refractivity contribution in [3.05, 3.63) is 53.1 Å². The number of halogens is 1. The average molecular weight is 343 g/mol. The van der Waals surface area contributed by atoms with Gasteiger partial charge < -0.3 is 10.1 Å². The van der Waals surface area contributed by atoms with Gasteiger partial charge in [0.1, 0.15) is 5.82 Å². The Kier molecular flexibility index (Phi) is 5.71. The Labute approximate surface area is 146 Å². The maximum absolute atomic E-state index is 13.1. The molecule has 0 saturated heterocycles. The molecule has 1 N–H and O–H groups in total. The van der Waals surface area contributed by atoms with Gasteiger partial charge in [-0.15, -0.1) is 0 Å². The number of aromatic nitrogens is 2. The topological polar surface area (TPSA) is 64.1 Å². The highest BCUT2D eigenvalue weighted by Crippen LogP contribution is 2.32. The fourth-order valence-corrected chi connectivity index (χ4v) is 3.02. The minimum atomic E-state index is -0.271. The first-order valence-corrected chi connectivity index (χ1v) is 8.63. The summed E-state index contributed by atoms with van der Waals surface area (Å²) in [5, 5.41) is 3.17. The van der Waals surface area contributed by atoms with E-state index >= 15 is 0 Å². The predicted octanol–water partition coefficient (Wildman–Crippen LogP) is 3.37. The third kappa shape index (κ3) is 4.39. The lowest BCUT2D eigenvalue weighted by atomic mass is 9.82. The summed E-state index contributed by atoms with van der Waals surface area (Å²) < 4.78 is 18.4. The van der Waals surface area contributed by atoms with Crippen molar-refractivity contribution in [1.82, 2.24) is 9.97 Å². The predicted molar refractivity (Wildman–Crippen MR) is 93.4 cm³/mol. The molecule has 1 aromatic heterocycles. The van der Waals surface area contributed by atoms with Crippen LogP contribution in [0.1, 0.15) is 47.3 Å². The van der Waals surface area contributed by atoms with Gasteiger partial charge in [-0.3, -0.25) is 4.79 Å². The Balaban J connectivity index is 1.69. The SMILES string of the molecule is CCOCCCNc1ncc2c(n1)C[C@@H](c1ccc(F)cc1)CC2=O. The minimum absolute atomic E-state index is 0.0290. The van der Waals surface area contributed by atoms with Crippen LogP contribution < -0.4 is 5.32 Å². The quantitative estimate of drug-likeness (QED) is 0.781. The second kappa shape index (κ2) is 8.16. The molecule has 0 spiro atoms. The summed E-state index contributed by atoms with van der Waals surface area (Å²) in [4.78, 5) is 21.1. The molecule has 2 aromatic rings. The van der Waals surface area contributed by atoms with Crippen LogP contribution in [0.3, 0.4) is 0 Å². The Hall–Kier alpha value is -2.34. The maximum Gasteiger partial charge on any atom is 0.222 e. The standard InChI is InChI=1S/C19H22FN3O2/c1-2-25-9-3-8-21-19-22-12-16-17(23-19)10-14(11-18(16)24)13-4-6-15(20)7-5-13/h4-7,12,14H,2-3,8-11H2,1H3,(H,21,22,23)/t14-/m1/s1. The second-order valence-electron chi connectivity index (χ2n) is 6.11. The zero-order valence-corrected chi connectivity index (χ0v) is 14.3. The number of hydrogen-bond acceptors (Lipinski definition) is 5. The monoisotopic (exact) mass is 343 g/mol. The summed E-state index contributed by atoms with van der Waals surface area (Å²) in [6, 6.07) is 6.35. The maximum atomic E-state index is 13.1. The fraction of sp³-hybridized carbons (Fsp3) is 0.421. The third-order valence-electron chi connectivity index (χ3n) is 4.33. The van der Waals surface area contributed by atoms with E-state index in [2.05, 4.69) is 15.3 Å². The molecule has 3 rings (SSSR count). The first-order valence-electron chi connectivity index (χ1n) is 8.63. The lowest BCUT2D eigenvalue weighted by Gasteiger charge is -2.23. The molecule has 1 aliphatic rings. The summed E-state index contributed by atoms with van der Waals surface area (Å²) in [7, 11) is 0. The van der Waals surface area contributed by atoms with Crippen LogP contribution in [0.5, 0.6) is 0 Å². The lowest BCUT2D eigenvalue weighted by molar-refractivity contribution is 0.0962. The van der Waals surface area contributed by atoms with Crippen LogP contribution in [-0.4, -0.2) is 35.5 Å². The van der Waals surface area contributed by atoms with Crippen molar-refractivity contribution in [3.8, 4) is 0 Å². The van der Waals surface area contributed by atoms with Crippen molar-refractivity contribution < 1.29 is 13.9 Å². The molecule has 0 unspecified atom stereocenters. The summed E-state index contributed by atoms with van der Waals surface area (Å²) in [6.07, 6.45) is 3.54. The van der Waals surface area contributed by atoms with E-state index in [0.717, 1.165) is 17.7 Å². The first kappa shape index (κ1) is 17.5. The molecule has 0 amide bonds. The number of anilines is 1. The number of nitrogens with zero attached hydrogens (tertiary/aromatic N) is 2. The highest BCUT2D eigenvalue weighted by molar-refractivity contribution is 5.98. The van der Waals surface area contributed by atoms with E-state index in [0.29, 0.717) is 44.1 Å². The zero-order chi connectivity index (χ0) is 17.6. The number of carbonyl (C=O) groups excluding carboxylic acids is 1. The zero-order valence-electron chi connectivity index (χ0n) is 14.3. The Bertz CT molecular complexity index is 734. The number of fused-ring (bicyclic) bond motifs is 1. The lowest BCUT2D eigenvalue weighted by Crippen LogP contribution is -2.21. The molecule has 1 aromatic carbocycles. The molecule has 1 atom stereocenters. The molecule has 0 radical (unpaired) electrons.